The van der Waals surface area contributed by atoms with Gasteiger partial charge in [-0.3, -0.25) is 38.4 Å². The number of aromatic hydroxyl groups is 2. The van der Waals surface area contributed by atoms with Gasteiger partial charge >= 0.3 is 0 Å². The molecular formula is C50H64N10O14. The molecule has 4 aliphatic heterocycles. The number of benzene rings is 2. The van der Waals surface area contributed by atoms with Crippen molar-refractivity contribution in [3.05, 3.63) is 46.5 Å². The number of likely N-dealkylation sites (tertiary alicyclic amines) is 2. The van der Waals surface area contributed by atoms with E-state index in [4.69, 9.17) is 9.47 Å². The number of nitrogens with zero attached hydrogens (tertiary/aromatic N) is 2. The van der Waals surface area contributed by atoms with Gasteiger partial charge in [-0.1, -0.05) is 12.1 Å². The lowest BCUT2D eigenvalue weighted by atomic mass is 9.48. The summed E-state index contributed by atoms with van der Waals surface area (Å²) >= 11 is 0. The number of hydrogen-bond donors (Lipinski definition) is 12. The van der Waals surface area contributed by atoms with E-state index in [1.807, 2.05) is 26.2 Å². The van der Waals surface area contributed by atoms with Crippen LogP contribution in [0.5, 0.6) is 23.0 Å². The van der Waals surface area contributed by atoms with E-state index in [0.29, 0.717) is 76.0 Å². The number of piperidine rings is 2. The molecule has 10 rings (SSSR count). The van der Waals surface area contributed by atoms with Crippen LogP contribution in [0.15, 0.2) is 24.3 Å². The number of carbonyl (C=O) groups is 8. The molecule has 398 valence electrons. The Hall–Kier alpha value is -6.76. The Kier molecular flexibility index (Phi) is 13.2. The predicted octanol–water partition coefficient (Wildman–Crippen LogP) is -4.19. The van der Waals surface area contributed by atoms with E-state index in [1.54, 1.807) is 12.1 Å². The van der Waals surface area contributed by atoms with Crippen LogP contribution in [0.1, 0.15) is 73.6 Å². The van der Waals surface area contributed by atoms with Crippen LogP contribution in [0.2, 0.25) is 0 Å². The number of phenolic OH excluding ortho intramolecular Hbond substituents is 2. The molecule has 8 amide bonds. The third kappa shape index (κ3) is 8.29. The molecule has 74 heavy (non-hydrogen) atoms. The van der Waals surface area contributed by atoms with Gasteiger partial charge in [0, 0.05) is 36.1 Å². The molecule has 2 aromatic rings. The summed E-state index contributed by atoms with van der Waals surface area (Å²) in [4.78, 5) is 105. The number of nitrogens with one attached hydrogen (secondary N) is 8. The zero-order valence-corrected chi connectivity index (χ0v) is 41.3. The molecule has 8 aliphatic rings. The Bertz CT molecular complexity index is 2530. The number of likely N-dealkylation sites (N-methyl/N-ethyl adjacent to an activating group) is 2. The van der Waals surface area contributed by atoms with Gasteiger partial charge in [-0.2, -0.15) is 0 Å². The largest absolute Gasteiger partial charge is 0.504 e. The summed E-state index contributed by atoms with van der Waals surface area (Å²) in [5, 5.41) is 66.3. The second kappa shape index (κ2) is 19.2. The topological polar surface area (TPSA) is 339 Å². The van der Waals surface area contributed by atoms with Crippen molar-refractivity contribution in [2.75, 3.05) is 66.5 Å². The fourth-order valence-electron chi connectivity index (χ4n) is 14.0. The molecule has 2 spiro atoms. The maximum Gasteiger partial charge on any atom is 0.239 e. The molecule has 0 radical (unpaired) electrons. The van der Waals surface area contributed by atoms with Crippen LogP contribution in [-0.2, 0) is 62.0 Å². The molecule has 2 saturated carbocycles. The molecule has 4 bridgehead atoms. The summed E-state index contributed by atoms with van der Waals surface area (Å²) in [6.07, 6.45) is 2.04. The Morgan fingerprint density at radius 3 is 1.22 bits per heavy atom. The highest BCUT2D eigenvalue weighted by Gasteiger charge is 2.74. The molecule has 2 saturated heterocycles. The van der Waals surface area contributed by atoms with Gasteiger partial charge in [-0.25, -0.2) is 0 Å². The molecule has 2 aromatic carbocycles. The number of phenols is 2. The van der Waals surface area contributed by atoms with E-state index in [0.717, 1.165) is 22.3 Å². The van der Waals surface area contributed by atoms with Crippen molar-refractivity contribution in [3.63, 3.8) is 0 Å². The van der Waals surface area contributed by atoms with Crippen molar-refractivity contribution in [2.45, 2.75) is 123 Å². The first kappa shape index (κ1) is 50.8. The molecule has 0 unspecified atom stereocenters. The van der Waals surface area contributed by atoms with E-state index in [9.17, 15) is 58.8 Å². The third-order valence-electron chi connectivity index (χ3n) is 17.4. The van der Waals surface area contributed by atoms with Crippen LogP contribution in [0.3, 0.4) is 0 Å². The van der Waals surface area contributed by atoms with Crippen LogP contribution >= 0.6 is 0 Å². The Balaban J connectivity index is 0.580. The van der Waals surface area contributed by atoms with E-state index < -0.39 is 133 Å². The van der Waals surface area contributed by atoms with Crippen molar-refractivity contribution < 1.29 is 68.3 Å². The van der Waals surface area contributed by atoms with Crippen molar-refractivity contribution in [2.24, 2.45) is 0 Å². The molecule has 4 aliphatic carbocycles. The van der Waals surface area contributed by atoms with Gasteiger partial charge in [0.2, 0.25) is 47.3 Å². The fourth-order valence-corrected chi connectivity index (χ4v) is 14.0. The highest BCUT2D eigenvalue weighted by molar-refractivity contribution is 5.92. The number of carbonyl (C=O) groups excluding carboxylic acids is 8. The minimum atomic E-state index is -1.13. The Morgan fingerprint density at radius 1 is 0.514 bits per heavy atom. The van der Waals surface area contributed by atoms with Crippen LogP contribution in [0, 0.1) is 0 Å². The number of aliphatic hydroxyl groups is 2. The summed E-state index contributed by atoms with van der Waals surface area (Å²) in [5.41, 5.74) is -0.273. The van der Waals surface area contributed by atoms with Crippen LogP contribution in [0.4, 0.5) is 0 Å². The SMILES string of the molecule is CN1CC[C@]23c4c5ccc(O)c4O[C@@H]2[C@H](NC(=O)CNC(=O)CNC(=O)CNC(=O)CCC(=O)NCC(=O)NCC(=O)NCC(=O)N[C@@H]2CC[C@]4(O)[C@H]6Cc7ccc(O)c8c7[C@@]4(CCN6C)[C@@H]2O8)CC[C@]3(O)[C@H]1C5. The smallest absolute Gasteiger partial charge is 0.239 e. The van der Waals surface area contributed by atoms with Gasteiger partial charge in [0.15, 0.2) is 23.0 Å². The third-order valence-corrected chi connectivity index (χ3v) is 17.4. The van der Waals surface area contributed by atoms with Gasteiger partial charge in [0.25, 0.3) is 0 Å². The van der Waals surface area contributed by atoms with Gasteiger partial charge < -0.3 is 82.2 Å². The lowest BCUT2D eigenvalue weighted by Crippen LogP contribution is -2.77. The van der Waals surface area contributed by atoms with E-state index in [2.05, 4.69) is 52.3 Å². The maximum atomic E-state index is 13.1. The summed E-state index contributed by atoms with van der Waals surface area (Å²) in [6.45, 7) is -1.41. The van der Waals surface area contributed by atoms with E-state index >= 15 is 0 Å². The molecular weight excluding hydrogens is 965 g/mol. The van der Waals surface area contributed by atoms with E-state index in [1.165, 1.54) is 0 Å². The minimum absolute atomic E-state index is 0.0201. The molecule has 10 atom stereocenters. The van der Waals surface area contributed by atoms with Gasteiger partial charge in [-0.05, 0) is 102 Å². The standard InChI is InChI=1S/C50H64N10O14/c1-59-15-13-47-41-25-3-5-29(61)43(41)73-45(47)27(9-11-49(47,71)31(59)17-25)57-39(69)23-55-37(67)21-53-35(65)19-51-33(63)7-8-34(64)52-20-36(66)54-22-38(68)56-24-40(70)58-28-10-12-50(72)32-18-26-4-6-30(62)44-42(26)48(50,46(28)74-44)14-16-60(32)2/h3-6,27-28,31-32,45-46,61-62,71-72H,7-24H2,1-2H3,(H,51,63)(H,52,64)(H,53,65)(H,54,66)(H,55,67)(H,56,68)(H,57,69)(H,58,70)/t27-,28-,31-,32-,45-,46-,47+,48+,49+,50+/m1/s1. The first-order valence-corrected chi connectivity index (χ1v) is 25.4. The van der Waals surface area contributed by atoms with Crippen LogP contribution in [0.25, 0.3) is 0 Å². The lowest BCUT2D eigenvalue weighted by Gasteiger charge is -2.63. The second-order valence-electron chi connectivity index (χ2n) is 21.3. The summed E-state index contributed by atoms with van der Waals surface area (Å²) in [6, 6.07) is 5.59. The molecule has 12 N–H and O–H groups in total. The van der Waals surface area contributed by atoms with Gasteiger partial charge in [0.1, 0.15) is 12.2 Å². The average molecular weight is 1030 g/mol. The summed E-state index contributed by atoms with van der Waals surface area (Å²) in [5.74, 6) is -4.43. The molecule has 24 heteroatoms. The quantitative estimate of drug-likeness (QED) is 0.0715. The van der Waals surface area contributed by atoms with Crippen molar-refractivity contribution in [1.82, 2.24) is 52.3 Å². The highest BCUT2D eigenvalue weighted by Crippen LogP contribution is 2.67. The first-order chi connectivity index (χ1) is 35.3. The number of ether oxygens (including phenoxy) is 2. The molecule has 4 heterocycles. The normalized spacial score (nSPS) is 31.2. The number of rotatable bonds is 17. The predicted molar refractivity (Wildman–Crippen MR) is 257 cm³/mol. The van der Waals surface area contributed by atoms with Gasteiger partial charge in [0.05, 0.1) is 73.4 Å². The molecule has 0 aromatic heterocycles. The summed E-state index contributed by atoms with van der Waals surface area (Å²) < 4.78 is 12.8. The average Bonchev–Trinajstić information content (AvgIpc) is 4.04. The molecule has 24 nitrogen and oxygen atoms in total. The molecule has 4 fully saturated rings. The fraction of sp³-hybridized carbons (Fsp3) is 0.600. The zero-order chi connectivity index (χ0) is 52.5. The Labute approximate surface area is 425 Å². The monoisotopic (exact) mass is 1030 g/mol. The zero-order valence-electron chi connectivity index (χ0n) is 41.3. The Morgan fingerprint density at radius 2 is 0.851 bits per heavy atom. The number of hydrogen-bond acceptors (Lipinski definition) is 16. The van der Waals surface area contributed by atoms with E-state index in [-0.39, 0.29) is 36.4 Å². The second-order valence-corrected chi connectivity index (χ2v) is 21.3. The van der Waals surface area contributed by atoms with Crippen molar-refractivity contribution >= 4 is 47.3 Å². The summed E-state index contributed by atoms with van der Waals surface area (Å²) in [7, 11) is 3.98. The van der Waals surface area contributed by atoms with Gasteiger partial charge in [-0.15, -0.1) is 0 Å². The maximum absolute atomic E-state index is 13.1. The van der Waals surface area contributed by atoms with Crippen LogP contribution in [-0.4, -0.2) is 192 Å². The highest BCUT2D eigenvalue weighted by atomic mass is 16.5. The lowest BCUT2D eigenvalue weighted by molar-refractivity contribution is -0.187. The first-order valence-electron chi connectivity index (χ1n) is 25.4. The van der Waals surface area contributed by atoms with Crippen molar-refractivity contribution in [1.29, 1.82) is 0 Å². The van der Waals surface area contributed by atoms with Crippen molar-refractivity contribution in [3.8, 4) is 23.0 Å². The number of amides is 8. The minimum Gasteiger partial charge on any atom is -0.504 e. The van der Waals surface area contributed by atoms with Crippen LogP contribution < -0.4 is 52.0 Å².